The van der Waals surface area contributed by atoms with E-state index in [0.29, 0.717) is 0 Å². The average Bonchev–Trinajstić information content (AvgIpc) is 2.80. The van der Waals surface area contributed by atoms with Crippen LogP contribution in [0.15, 0.2) is 45.5 Å². The van der Waals surface area contributed by atoms with Crippen LogP contribution in [-0.4, -0.2) is 13.2 Å². The highest BCUT2D eigenvalue weighted by Gasteiger charge is 2.07. The molecule has 1 atom stereocenters. The number of nitrogens with one attached hydrogen (secondary N) is 1. The zero-order chi connectivity index (χ0) is 13.0. The molecule has 0 aliphatic carbocycles. The molecule has 0 saturated carbocycles. The van der Waals surface area contributed by atoms with Crippen molar-refractivity contribution in [3.63, 3.8) is 0 Å². The fraction of sp³-hybridized carbons (Fsp3) is 0.286. The highest BCUT2D eigenvalue weighted by Crippen LogP contribution is 2.25. The van der Waals surface area contributed by atoms with Gasteiger partial charge < -0.3 is 14.5 Å². The lowest BCUT2D eigenvalue weighted by Gasteiger charge is -2.15. The Bertz CT molecular complexity index is 497. The summed E-state index contributed by atoms with van der Waals surface area (Å²) in [6, 6.07) is 10.1. The number of furan rings is 1. The fourth-order valence-electron chi connectivity index (χ4n) is 1.83. The van der Waals surface area contributed by atoms with E-state index in [0.717, 1.165) is 28.1 Å². The third-order valence-electron chi connectivity index (χ3n) is 2.61. The van der Waals surface area contributed by atoms with Crippen molar-refractivity contribution < 1.29 is 9.15 Å². The second-order valence-electron chi connectivity index (χ2n) is 4.21. The van der Waals surface area contributed by atoms with Gasteiger partial charge in [0, 0.05) is 28.7 Å². The molecule has 18 heavy (non-hydrogen) atoms. The lowest BCUT2D eigenvalue weighted by atomic mass is 10.2. The van der Waals surface area contributed by atoms with E-state index in [-0.39, 0.29) is 6.04 Å². The number of ether oxygens (including phenoxy) is 1. The molecule has 0 radical (unpaired) electrons. The van der Waals surface area contributed by atoms with Crippen LogP contribution in [0.3, 0.4) is 0 Å². The maximum atomic E-state index is 5.34. The molecule has 1 N–H and O–H groups in total. The lowest BCUT2D eigenvalue weighted by molar-refractivity contribution is 0.414. The van der Waals surface area contributed by atoms with Gasteiger partial charge in [0.2, 0.25) is 0 Å². The van der Waals surface area contributed by atoms with Crippen molar-refractivity contribution in [2.45, 2.75) is 19.4 Å². The van der Waals surface area contributed by atoms with Gasteiger partial charge in [-0.25, -0.2) is 0 Å². The zero-order valence-electron chi connectivity index (χ0n) is 10.4. The maximum Gasteiger partial charge on any atom is 0.122 e. The Hall–Kier alpha value is -1.42. The Morgan fingerprint density at radius 1 is 1.39 bits per heavy atom. The molecular formula is C14H16BrNO2. The molecule has 0 saturated heterocycles. The standard InChI is InChI=1S/C14H16BrNO2/c1-10(6-13-4-3-5-18-13)16-12-7-11(15)8-14(9-12)17-2/h3-5,7-10,16H,6H2,1-2H3. The average molecular weight is 310 g/mol. The number of halogens is 1. The van der Waals surface area contributed by atoms with E-state index < -0.39 is 0 Å². The highest BCUT2D eigenvalue weighted by molar-refractivity contribution is 9.10. The van der Waals surface area contributed by atoms with Gasteiger partial charge in [0.05, 0.1) is 13.4 Å². The van der Waals surface area contributed by atoms with E-state index in [9.17, 15) is 0 Å². The molecule has 1 aromatic carbocycles. The van der Waals surface area contributed by atoms with E-state index in [4.69, 9.17) is 9.15 Å². The van der Waals surface area contributed by atoms with Gasteiger partial charge in [0.1, 0.15) is 11.5 Å². The fourth-order valence-corrected chi connectivity index (χ4v) is 2.30. The van der Waals surface area contributed by atoms with E-state index in [1.807, 2.05) is 30.3 Å². The molecule has 1 aromatic heterocycles. The van der Waals surface area contributed by atoms with Crippen LogP contribution in [0.5, 0.6) is 5.75 Å². The minimum Gasteiger partial charge on any atom is -0.497 e. The summed E-state index contributed by atoms with van der Waals surface area (Å²) < 4.78 is 11.6. The maximum absolute atomic E-state index is 5.34. The molecule has 0 bridgehead atoms. The lowest BCUT2D eigenvalue weighted by Crippen LogP contribution is -2.17. The first-order chi connectivity index (χ1) is 8.67. The molecule has 3 nitrogen and oxygen atoms in total. The molecule has 4 heteroatoms. The first-order valence-corrected chi connectivity index (χ1v) is 6.60. The number of methoxy groups -OCH3 is 1. The minimum absolute atomic E-state index is 0.287. The molecule has 1 unspecified atom stereocenters. The van der Waals surface area contributed by atoms with Gasteiger partial charge in [0.25, 0.3) is 0 Å². The molecule has 0 aliphatic rings. The van der Waals surface area contributed by atoms with E-state index in [1.54, 1.807) is 13.4 Å². The van der Waals surface area contributed by atoms with Crippen LogP contribution in [0.25, 0.3) is 0 Å². The van der Waals surface area contributed by atoms with Crippen molar-refractivity contribution in [2.75, 3.05) is 12.4 Å². The monoisotopic (exact) mass is 309 g/mol. The van der Waals surface area contributed by atoms with Crippen LogP contribution in [0.2, 0.25) is 0 Å². The van der Waals surface area contributed by atoms with Crippen molar-refractivity contribution in [1.82, 2.24) is 0 Å². The molecule has 0 spiro atoms. The molecule has 96 valence electrons. The molecule has 1 heterocycles. The van der Waals surface area contributed by atoms with Crippen molar-refractivity contribution in [2.24, 2.45) is 0 Å². The summed E-state index contributed by atoms with van der Waals surface area (Å²) in [5, 5.41) is 3.43. The molecule has 0 fully saturated rings. The summed E-state index contributed by atoms with van der Waals surface area (Å²) in [6.45, 7) is 2.12. The molecule has 2 aromatic rings. The van der Waals surface area contributed by atoms with Crippen molar-refractivity contribution >= 4 is 21.6 Å². The minimum atomic E-state index is 0.287. The van der Waals surface area contributed by atoms with Gasteiger partial charge in [0.15, 0.2) is 0 Å². The molecule has 2 rings (SSSR count). The van der Waals surface area contributed by atoms with Gasteiger partial charge in [-0.05, 0) is 31.2 Å². The number of benzene rings is 1. The van der Waals surface area contributed by atoms with Crippen molar-refractivity contribution in [1.29, 1.82) is 0 Å². The number of hydrogen-bond donors (Lipinski definition) is 1. The number of hydrogen-bond acceptors (Lipinski definition) is 3. The Morgan fingerprint density at radius 3 is 2.89 bits per heavy atom. The number of rotatable bonds is 5. The van der Waals surface area contributed by atoms with Crippen LogP contribution in [0.1, 0.15) is 12.7 Å². The first kappa shape index (κ1) is 13.0. The van der Waals surface area contributed by atoms with E-state index >= 15 is 0 Å². The van der Waals surface area contributed by atoms with Crippen LogP contribution in [0.4, 0.5) is 5.69 Å². The highest BCUT2D eigenvalue weighted by atomic mass is 79.9. The predicted octanol–water partition coefficient (Wildman–Crippen LogP) is 4.09. The Balaban J connectivity index is 2.02. The Morgan fingerprint density at radius 2 is 2.22 bits per heavy atom. The summed E-state index contributed by atoms with van der Waals surface area (Å²) >= 11 is 3.47. The molecule has 0 aliphatic heterocycles. The predicted molar refractivity (Wildman–Crippen MR) is 76.2 cm³/mol. The molecular weight excluding hydrogens is 294 g/mol. The van der Waals surface area contributed by atoms with Crippen LogP contribution < -0.4 is 10.1 Å². The van der Waals surface area contributed by atoms with Gasteiger partial charge >= 0.3 is 0 Å². The summed E-state index contributed by atoms with van der Waals surface area (Å²) in [4.78, 5) is 0. The van der Waals surface area contributed by atoms with Crippen LogP contribution >= 0.6 is 15.9 Å². The van der Waals surface area contributed by atoms with Crippen molar-refractivity contribution in [3.05, 3.63) is 46.8 Å². The van der Waals surface area contributed by atoms with Crippen molar-refractivity contribution in [3.8, 4) is 5.75 Å². The summed E-state index contributed by atoms with van der Waals surface area (Å²) in [5.41, 5.74) is 1.03. The van der Waals surface area contributed by atoms with Crippen LogP contribution in [-0.2, 0) is 6.42 Å². The largest absolute Gasteiger partial charge is 0.497 e. The Labute approximate surface area is 115 Å². The SMILES string of the molecule is COc1cc(Br)cc(NC(C)Cc2ccco2)c1. The van der Waals surface area contributed by atoms with Crippen LogP contribution in [0, 0.1) is 0 Å². The second kappa shape index (κ2) is 5.96. The third kappa shape index (κ3) is 3.53. The van der Waals surface area contributed by atoms with E-state index in [1.165, 1.54) is 0 Å². The summed E-state index contributed by atoms with van der Waals surface area (Å²) in [7, 11) is 1.66. The quantitative estimate of drug-likeness (QED) is 0.903. The Kier molecular flexibility index (Phi) is 4.31. The van der Waals surface area contributed by atoms with E-state index in [2.05, 4.69) is 28.2 Å². The van der Waals surface area contributed by atoms with Gasteiger partial charge in [-0.15, -0.1) is 0 Å². The van der Waals surface area contributed by atoms with Gasteiger partial charge in [-0.1, -0.05) is 15.9 Å². The third-order valence-corrected chi connectivity index (χ3v) is 3.07. The second-order valence-corrected chi connectivity index (χ2v) is 5.12. The summed E-state index contributed by atoms with van der Waals surface area (Å²) in [6.07, 6.45) is 2.55. The van der Waals surface area contributed by atoms with Gasteiger partial charge in [-0.3, -0.25) is 0 Å². The number of anilines is 1. The smallest absolute Gasteiger partial charge is 0.122 e. The first-order valence-electron chi connectivity index (χ1n) is 5.81. The van der Waals surface area contributed by atoms with Gasteiger partial charge in [-0.2, -0.15) is 0 Å². The topological polar surface area (TPSA) is 34.4 Å². The molecule has 0 amide bonds. The normalized spacial score (nSPS) is 12.2. The summed E-state index contributed by atoms with van der Waals surface area (Å²) in [5.74, 6) is 1.81. The zero-order valence-corrected chi connectivity index (χ0v) is 12.0.